The number of piperidine rings is 1. The SMILES string of the molecule is CC1COc2c(N3CCC(CO)CC3)c(F)cc3c(=O)c(C(=O)O)cn1c23. The zero-order chi connectivity index (χ0) is 19.3. The van der Waals surface area contributed by atoms with Crippen molar-refractivity contribution in [3.63, 3.8) is 0 Å². The van der Waals surface area contributed by atoms with Crippen molar-refractivity contribution in [2.75, 3.05) is 31.2 Å². The van der Waals surface area contributed by atoms with E-state index in [2.05, 4.69) is 0 Å². The zero-order valence-corrected chi connectivity index (χ0v) is 14.9. The minimum atomic E-state index is -1.33. The Labute approximate surface area is 154 Å². The fourth-order valence-electron chi connectivity index (χ4n) is 4.00. The summed E-state index contributed by atoms with van der Waals surface area (Å²) in [4.78, 5) is 25.9. The normalized spacial score (nSPS) is 20.0. The fourth-order valence-corrected chi connectivity index (χ4v) is 4.00. The predicted octanol–water partition coefficient (Wildman–Crippen LogP) is 2.00. The molecule has 8 heteroatoms. The monoisotopic (exact) mass is 376 g/mol. The lowest BCUT2D eigenvalue weighted by atomic mass is 9.97. The Morgan fingerprint density at radius 3 is 2.70 bits per heavy atom. The number of carboxylic acids is 1. The van der Waals surface area contributed by atoms with Crippen LogP contribution in [0.15, 0.2) is 17.1 Å². The van der Waals surface area contributed by atoms with Gasteiger partial charge in [-0.05, 0) is 31.7 Å². The minimum absolute atomic E-state index is 0.0166. The molecule has 3 heterocycles. The van der Waals surface area contributed by atoms with Crippen molar-refractivity contribution >= 4 is 22.6 Å². The van der Waals surface area contributed by atoms with Gasteiger partial charge in [0.05, 0.1) is 16.9 Å². The summed E-state index contributed by atoms with van der Waals surface area (Å²) in [6, 6.07) is 0.941. The summed E-state index contributed by atoms with van der Waals surface area (Å²) in [6.45, 7) is 3.39. The van der Waals surface area contributed by atoms with E-state index < -0.39 is 17.2 Å². The van der Waals surface area contributed by atoms with Gasteiger partial charge >= 0.3 is 5.97 Å². The van der Waals surface area contributed by atoms with E-state index in [0.29, 0.717) is 30.0 Å². The van der Waals surface area contributed by atoms with Crippen LogP contribution in [-0.4, -0.2) is 47.1 Å². The lowest BCUT2D eigenvalue weighted by Crippen LogP contribution is -2.36. The number of aliphatic hydroxyl groups excluding tert-OH is 1. The summed E-state index contributed by atoms with van der Waals surface area (Å²) in [5, 5.41) is 18.7. The highest BCUT2D eigenvalue weighted by molar-refractivity contribution is 5.97. The van der Waals surface area contributed by atoms with Gasteiger partial charge in [0, 0.05) is 25.9 Å². The van der Waals surface area contributed by atoms with Crippen LogP contribution in [0.3, 0.4) is 0 Å². The first kappa shape index (κ1) is 17.8. The van der Waals surface area contributed by atoms with Crippen molar-refractivity contribution in [3.05, 3.63) is 33.9 Å². The number of carbonyl (C=O) groups is 1. The van der Waals surface area contributed by atoms with Gasteiger partial charge < -0.3 is 24.4 Å². The summed E-state index contributed by atoms with van der Waals surface area (Å²) in [6.07, 6.45) is 2.81. The van der Waals surface area contributed by atoms with E-state index in [9.17, 15) is 19.8 Å². The Morgan fingerprint density at radius 1 is 1.37 bits per heavy atom. The van der Waals surface area contributed by atoms with E-state index in [4.69, 9.17) is 4.74 Å². The second-order valence-electron chi connectivity index (χ2n) is 7.29. The summed E-state index contributed by atoms with van der Waals surface area (Å²) in [5.74, 6) is -1.43. The second-order valence-corrected chi connectivity index (χ2v) is 7.29. The molecule has 2 aliphatic heterocycles. The Bertz CT molecular complexity index is 978. The Morgan fingerprint density at radius 2 is 2.07 bits per heavy atom. The number of anilines is 1. The standard InChI is InChI=1S/C19H21FN2O5/c1-10-9-27-18-15-12(17(24)13(19(25)26)7-22(10)15)6-14(20)16(18)21-4-2-11(8-23)3-5-21/h6-7,10-11,23H,2-5,8-9H2,1H3,(H,25,26). The number of ether oxygens (including phenoxy) is 1. The molecule has 0 saturated carbocycles. The summed E-state index contributed by atoms with van der Waals surface area (Å²) in [5.41, 5.74) is -0.346. The number of benzene rings is 1. The van der Waals surface area contributed by atoms with Crippen LogP contribution < -0.4 is 15.1 Å². The van der Waals surface area contributed by atoms with Crippen molar-refractivity contribution in [2.24, 2.45) is 5.92 Å². The van der Waals surface area contributed by atoms with Crippen molar-refractivity contribution < 1.29 is 24.1 Å². The first-order chi connectivity index (χ1) is 12.9. The van der Waals surface area contributed by atoms with Crippen molar-refractivity contribution in [2.45, 2.75) is 25.8 Å². The molecule has 1 unspecified atom stereocenters. The first-order valence-corrected chi connectivity index (χ1v) is 9.05. The minimum Gasteiger partial charge on any atom is -0.487 e. The van der Waals surface area contributed by atoms with Gasteiger partial charge in [0.2, 0.25) is 5.43 Å². The van der Waals surface area contributed by atoms with E-state index in [1.165, 1.54) is 6.20 Å². The molecule has 1 saturated heterocycles. The summed E-state index contributed by atoms with van der Waals surface area (Å²) in [7, 11) is 0. The van der Waals surface area contributed by atoms with Crippen LogP contribution in [0.5, 0.6) is 5.75 Å². The molecule has 0 aliphatic carbocycles. The molecule has 1 aromatic heterocycles. The maximum absolute atomic E-state index is 15.0. The zero-order valence-electron chi connectivity index (χ0n) is 14.9. The number of pyridine rings is 1. The van der Waals surface area contributed by atoms with Crippen LogP contribution in [-0.2, 0) is 0 Å². The van der Waals surface area contributed by atoms with Gasteiger partial charge in [-0.25, -0.2) is 9.18 Å². The molecule has 0 amide bonds. The Balaban J connectivity index is 1.94. The van der Waals surface area contributed by atoms with Crippen molar-refractivity contribution in [1.29, 1.82) is 0 Å². The first-order valence-electron chi connectivity index (χ1n) is 9.05. The van der Waals surface area contributed by atoms with E-state index in [-0.39, 0.29) is 36.1 Å². The molecule has 0 radical (unpaired) electrons. The van der Waals surface area contributed by atoms with Gasteiger partial charge in [0.25, 0.3) is 0 Å². The number of halogens is 1. The van der Waals surface area contributed by atoms with E-state index >= 15 is 4.39 Å². The lowest BCUT2D eigenvalue weighted by molar-refractivity contribution is 0.0694. The van der Waals surface area contributed by atoms with Gasteiger partial charge in [-0.1, -0.05) is 0 Å². The number of nitrogens with zero attached hydrogens (tertiary/aromatic N) is 2. The molecule has 7 nitrogen and oxygen atoms in total. The predicted molar refractivity (Wildman–Crippen MR) is 97.4 cm³/mol. The third kappa shape index (κ3) is 2.75. The number of hydrogen-bond donors (Lipinski definition) is 2. The molecule has 2 aromatic rings. The van der Waals surface area contributed by atoms with Gasteiger partial charge in [0.15, 0.2) is 11.6 Å². The quantitative estimate of drug-likeness (QED) is 0.851. The van der Waals surface area contributed by atoms with Gasteiger partial charge in [-0.2, -0.15) is 0 Å². The largest absolute Gasteiger partial charge is 0.487 e. The van der Waals surface area contributed by atoms with Gasteiger partial charge in [0.1, 0.15) is 17.9 Å². The van der Waals surface area contributed by atoms with Crippen LogP contribution in [0.25, 0.3) is 10.9 Å². The number of rotatable bonds is 3. The molecular formula is C19H21FN2O5. The third-order valence-electron chi connectivity index (χ3n) is 5.56. The molecule has 1 fully saturated rings. The number of aliphatic hydroxyl groups is 1. The van der Waals surface area contributed by atoms with Crippen LogP contribution in [0.4, 0.5) is 10.1 Å². The molecule has 144 valence electrons. The van der Waals surface area contributed by atoms with Gasteiger partial charge in [-0.3, -0.25) is 4.79 Å². The number of carboxylic acid groups (broad SMARTS) is 1. The Kier molecular flexibility index (Phi) is 4.30. The smallest absolute Gasteiger partial charge is 0.341 e. The number of aromatic nitrogens is 1. The summed E-state index contributed by atoms with van der Waals surface area (Å²) >= 11 is 0. The van der Waals surface area contributed by atoms with Crippen molar-refractivity contribution in [1.82, 2.24) is 4.57 Å². The van der Waals surface area contributed by atoms with E-state index in [1.807, 2.05) is 11.8 Å². The number of aromatic carboxylic acids is 1. The Hall–Kier alpha value is -2.61. The molecule has 27 heavy (non-hydrogen) atoms. The average molecular weight is 376 g/mol. The van der Waals surface area contributed by atoms with Gasteiger partial charge in [-0.15, -0.1) is 0 Å². The maximum Gasteiger partial charge on any atom is 0.341 e. The van der Waals surface area contributed by atoms with Crippen LogP contribution in [0.2, 0.25) is 0 Å². The topological polar surface area (TPSA) is 92.0 Å². The maximum atomic E-state index is 15.0. The third-order valence-corrected chi connectivity index (χ3v) is 5.56. The molecule has 1 aromatic carbocycles. The summed E-state index contributed by atoms with van der Waals surface area (Å²) < 4.78 is 22.6. The molecule has 4 rings (SSSR count). The lowest BCUT2D eigenvalue weighted by Gasteiger charge is -2.36. The fraction of sp³-hybridized carbons (Fsp3) is 0.474. The van der Waals surface area contributed by atoms with E-state index in [0.717, 1.165) is 18.9 Å². The molecule has 2 N–H and O–H groups in total. The highest BCUT2D eigenvalue weighted by Gasteiger charge is 2.31. The average Bonchev–Trinajstić information content (AvgIpc) is 2.66. The highest BCUT2D eigenvalue weighted by Crippen LogP contribution is 2.42. The molecule has 2 aliphatic rings. The molecular weight excluding hydrogens is 355 g/mol. The molecule has 0 spiro atoms. The van der Waals surface area contributed by atoms with Crippen LogP contribution >= 0.6 is 0 Å². The van der Waals surface area contributed by atoms with E-state index in [1.54, 1.807) is 4.57 Å². The molecule has 0 bridgehead atoms. The highest BCUT2D eigenvalue weighted by atomic mass is 19.1. The van der Waals surface area contributed by atoms with Crippen molar-refractivity contribution in [3.8, 4) is 5.75 Å². The van der Waals surface area contributed by atoms with Crippen LogP contribution in [0, 0.1) is 11.7 Å². The second kappa shape index (κ2) is 6.53. The molecule has 1 atom stereocenters. The number of hydrogen-bond acceptors (Lipinski definition) is 5. The van der Waals surface area contributed by atoms with Crippen LogP contribution in [0.1, 0.15) is 36.2 Å².